The minimum Gasteiger partial charge on any atom is -0.382 e. The maximum Gasteiger partial charge on any atom is 0.416 e. The Morgan fingerprint density at radius 1 is 0.977 bits per heavy atom. The van der Waals surface area contributed by atoms with Crippen molar-refractivity contribution in [3.63, 3.8) is 0 Å². The summed E-state index contributed by atoms with van der Waals surface area (Å²) in [5.74, 6) is 0.687. The molecule has 13 heteroatoms. The number of nitrogens with one attached hydrogen (secondary N) is 3. The van der Waals surface area contributed by atoms with E-state index in [1.807, 2.05) is 48.5 Å². The smallest absolute Gasteiger partial charge is 0.382 e. The van der Waals surface area contributed by atoms with Gasteiger partial charge >= 0.3 is 12.2 Å². The third kappa shape index (κ3) is 6.10. The summed E-state index contributed by atoms with van der Waals surface area (Å²) in [6.07, 6.45) is -0.996. The van der Waals surface area contributed by atoms with Crippen LogP contribution >= 0.6 is 0 Å². The van der Waals surface area contributed by atoms with Crippen LogP contribution in [0.1, 0.15) is 11.1 Å². The highest BCUT2D eigenvalue weighted by atomic mass is 19.4. The maximum absolute atomic E-state index is 14.0. The summed E-state index contributed by atoms with van der Waals surface area (Å²) in [5, 5.41) is 10.5. The molecule has 2 aromatic carbocycles. The summed E-state index contributed by atoms with van der Waals surface area (Å²) in [6, 6.07) is 14.7. The van der Waals surface area contributed by atoms with Gasteiger partial charge in [-0.05, 0) is 41.9 Å². The quantitative estimate of drug-likeness (QED) is 0.200. The van der Waals surface area contributed by atoms with Crippen LogP contribution in [0.25, 0.3) is 33.3 Å². The summed E-state index contributed by atoms with van der Waals surface area (Å²) < 4.78 is 43.5. The van der Waals surface area contributed by atoms with Crippen LogP contribution in [0.4, 0.5) is 35.3 Å². The zero-order valence-electron chi connectivity index (χ0n) is 24.2. The van der Waals surface area contributed by atoms with Crippen molar-refractivity contribution in [1.29, 1.82) is 0 Å². The SMILES string of the molecule is CN1CCN(Cc2ccc(NC(=O)Nc3cc(-c4ccc(-c5cnc(N)c6[nH]ccc56)cc4)n(C)n3)cc2C(F)(F)F)CC1. The number of alkyl halides is 3. The van der Waals surface area contributed by atoms with Gasteiger partial charge in [0.1, 0.15) is 5.82 Å². The fraction of sp³-hybridized carbons (Fsp3) is 0.258. The van der Waals surface area contributed by atoms with Gasteiger partial charge in [-0.25, -0.2) is 9.78 Å². The minimum atomic E-state index is -4.56. The number of urea groups is 1. The number of hydrogen-bond donors (Lipinski definition) is 4. The van der Waals surface area contributed by atoms with Crippen molar-refractivity contribution in [2.75, 3.05) is 49.6 Å². The monoisotopic (exact) mass is 603 g/mol. The number of carbonyl (C=O) groups excluding carboxylic acids is 1. The van der Waals surface area contributed by atoms with Gasteiger partial charge in [0.2, 0.25) is 0 Å². The second-order valence-corrected chi connectivity index (χ2v) is 11.0. The van der Waals surface area contributed by atoms with Crippen molar-refractivity contribution in [3.8, 4) is 22.4 Å². The fourth-order valence-corrected chi connectivity index (χ4v) is 5.50. The topological polar surface area (TPSA) is 120 Å². The Labute approximate surface area is 251 Å². The number of halogens is 3. The van der Waals surface area contributed by atoms with Crippen LogP contribution in [-0.4, -0.2) is 68.8 Å². The molecule has 0 atom stereocenters. The Balaban J connectivity index is 1.14. The van der Waals surface area contributed by atoms with E-state index in [2.05, 4.69) is 30.6 Å². The minimum absolute atomic E-state index is 0.0392. The van der Waals surface area contributed by atoms with Crippen molar-refractivity contribution in [3.05, 3.63) is 78.1 Å². The number of pyridine rings is 1. The van der Waals surface area contributed by atoms with Crippen LogP contribution in [-0.2, 0) is 19.8 Å². The Kier molecular flexibility index (Phi) is 7.74. The first-order chi connectivity index (χ1) is 21.0. The number of anilines is 3. The first-order valence-electron chi connectivity index (χ1n) is 14.1. The van der Waals surface area contributed by atoms with E-state index < -0.39 is 17.8 Å². The van der Waals surface area contributed by atoms with E-state index in [1.165, 1.54) is 12.1 Å². The average molecular weight is 604 g/mol. The molecule has 4 heterocycles. The number of aryl methyl sites for hydroxylation is 1. The lowest BCUT2D eigenvalue weighted by atomic mass is 10.0. The zero-order valence-corrected chi connectivity index (χ0v) is 24.2. The van der Waals surface area contributed by atoms with Gasteiger partial charge in [0.25, 0.3) is 0 Å². The third-order valence-corrected chi connectivity index (χ3v) is 7.90. The molecule has 1 aliphatic heterocycles. The molecule has 0 saturated carbocycles. The van der Waals surface area contributed by atoms with E-state index >= 15 is 0 Å². The lowest BCUT2D eigenvalue weighted by Gasteiger charge is -2.33. The number of benzene rings is 2. The number of aromatic nitrogens is 4. The summed E-state index contributed by atoms with van der Waals surface area (Å²) >= 11 is 0. The molecule has 1 fully saturated rings. The van der Waals surface area contributed by atoms with Crippen LogP contribution in [0.2, 0.25) is 0 Å². The van der Waals surface area contributed by atoms with Crippen LogP contribution < -0.4 is 16.4 Å². The molecule has 1 saturated heterocycles. The molecule has 0 bridgehead atoms. The normalized spacial score (nSPS) is 14.7. The van der Waals surface area contributed by atoms with Gasteiger partial charge < -0.3 is 20.9 Å². The molecule has 0 spiro atoms. The molecule has 2 amide bonds. The maximum atomic E-state index is 14.0. The van der Waals surface area contributed by atoms with Gasteiger partial charge in [0.15, 0.2) is 5.82 Å². The van der Waals surface area contributed by atoms with E-state index in [0.29, 0.717) is 18.9 Å². The molecule has 10 nitrogen and oxygen atoms in total. The highest BCUT2D eigenvalue weighted by Gasteiger charge is 2.34. The number of hydrogen-bond acceptors (Lipinski definition) is 6. The number of aromatic amines is 1. The number of H-pyrrole nitrogens is 1. The second-order valence-electron chi connectivity index (χ2n) is 11.0. The first kappa shape index (κ1) is 29.2. The standard InChI is InChI=1S/C31H32F3N9O/c1-41-11-13-43(14-12-41)18-21-7-8-22(15-25(21)31(32,33)34)38-30(44)39-27-16-26(42(2)40-27)20-5-3-19(4-6-20)24-17-37-29(35)28-23(24)9-10-36-28/h3-10,15-17,36H,11-14,18H2,1-2H3,(H2,35,37)(H2,38,39,40,44). The number of nitrogen functional groups attached to an aromatic ring is 1. The molecule has 5 N–H and O–H groups in total. The Morgan fingerprint density at radius 2 is 1.70 bits per heavy atom. The zero-order chi connectivity index (χ0) is 31.0. The number of fused-ring (bicyclic) bond motifs is 1. The molecule has 3 aromatic heterocycles. The number of piperazine rings is 1. The molecule has 6 rings (SSSR count). The highest BCUT2D eigenvalue weighted by molar-refractivity contribution is 6.00. The Bertz CT molecular complexity index is 1800. The van der Waals surface area contributed by atoms with Gasteiger partial charge in [-0.3, -0.25) is 14.9 Å². The number of rotatable bonds is 6. The van der Waals surface area contributed by atoms with Gasteiger partial charge in [-0.2, -0.15) is 18.3 Å². The Morgan fingerprint density at radius 3 is 2.43 bits per heavy atom. The molecule has 0 aliphatic carbocycles. The summed E-state index contributed by atoms with van der Waals surface area (Å²) in [5.41, 5.74) is 9.70. The van der Waals surface area contributed by atoms with Gasteiger partial charge in [-0.15, -0.1) is 0 Å². The van der Waals surface area contributed by atoms with Crippen LogP contribution in [0.5, 0.6) is 0 Å². The average Bonchev–Trinajstić information content (AvgIpc) is 3.62. The molecule has 0 radical (unpaired) electrons. The van der Waals surface area contributed by atoms with Crippen molar-refractivity contribution in [1.82, 2.24) is 29.5 Å². The summed E-state index contributed by atoms with van der Waals surface area (Å²) in [7, 11) is 3.74. The summed E-state index contributed by atoms with van der Waals surface area (Å²) in [4.78, 5) is 24.3. The van der Waals surface area contributed by atoms with Crippen molar-refractivity contribution in [2.24, 2.45) is 7.05 Å². The largest absolute Gasteiger partial charge is 0.416 e. The molecular formula is C31H32F3N9O. The van der Waals surface area contributed by atoms with Crippen LogP contribution in [0.15, 0.2) is 67.0 Å². The van der Waals surface area contributed by atoms with Crippen LogP contribution in [0.3, 0.4) is 0 Å². The predicted octanol–water partition coefficient (Wildman–Crippen LogP) is 5.62. The third-order valence-electron chi connectivity index (χ3n) is 7.90. The lowest BCUT2D eigenvalue weighted by molar-refractivity contribution is -0.138. The highest BCUT2D eigenvalue weighted by Crippen LogP contribution is 2.35. The number of carbonyl (C=O) groups is 1. The fourth-order valence-electron chi connectivity index (χ4n) is 5.50. The Hall–Kier alpha value is -4.88. The van der Waals surface area contributed by atoms with Crippen molar-refractivity contribution >= 4 is 34.3 Å². The van der Waals surface area contributed by atoms with E-state index in [9.17, 15) is 18.0 Å². The van der Waals surface area contributed by atoms with E-state index in [4.69, 9.17) is 5.73 Å². The molecule has 44 heavy (non-hydrogen) atoms. The molecule has 228 valence electrons. The number of amides is 2. The van der Waals surface area contributed by atoms with E-state index in [-0.39, 0.29) is 23.6 Å². The van der Waals surface area contributed by atoms with Gasteiger partial charge in [0, 0.05) is 74.9 Å². The molecule has 1 aliphatic rings. The van der Waals surface area contributed by atoms with Gasteiger partial charge in [0.05, 0.1) is 16.8 Å². The number of likely N-dealkylation sites (N-methyl/N-ethyl adjacent to an activating group) is 1. The molecular weight excluding hydrogens is 571 g/mol. The van der Waals surface area contributed by atoms with Crippen molar-refractivity contribution < 1.29 is 18.0 Å². The second kappa shape index (κ2) is 11.7. The van der Waals surface area contributed by atoms with Crippen molar-refractivity contribution in [2.45, 2.75) is 12.7 Å². The lowest BCUT2D eigenvalue weighted by Crippen LogP contribution is -2.44. The first-order valence-corrected chi connectivity index (χ1v) is 14.1. The van der Waals surface area contributed by atoms with E-state index in [0.717, 1.165) is 52.4 Å². The number of nitrogens with two attached hydrogens (primary N) is 1. The predicted molar refractivity (Wildman–Crippen MR) is 165 cm³/mol. The van der Waals surface area contributed by atoms with Gasteiger partial charge in [-0.1, -0.05) is 30.3 Å². The van der Waals surface area contributed by atoms with E-state index in [1.54, 1.807) is 24.0 Å². The number of nitrogens with zero attached hydrogens (tertiary/aromatic N) is 5. The molecule has 5 aromatic rings. The molecule has 0 unspecified atom stereocenters. The summed E-state index contributed by atoms with van der Waals surface area (Å²) in [6.45, 7) is 3.20. The van der Waals surface area contributed by atoms with Crippen LogP contribution in [0, 0.1) is 0 Å².